The van der Waals surface area contributed by atoms with E-state index < -0.39 is 0 Å². The molecule has 2 aromatic heterocycles. The van der Waals surface area contributed by atoms with E-state index in [0.717, 1.165) is 5.56 Å². The summed E-state index contributed by atoms with van der Waals surface area (Å²) in [5.74, 6) is 0.436. The zero-order valence-corrected chi connectivity index (χ0v) is 13.3. The minimum Gasteiger partial charge on any atom is -0.337 e. The molecule has 1 unspecified atom stereocenters. The van der Waals surface area contributed by atoms with Gasteiger partial charge < -0.3 is 9.42 Å². The molecule has 25 heavy (non-hydrogen) atoms. The highest BCUT2D eigenvalue weighted by Crippen LogP contribution is 2.34. The van der Waals surface area contributed by atoms with E-state index in [1.54, 1.807) is 35.4 Å². The lowest BCUT2D eigenvalue weighted by molar-refractivity contribution is -0.130. The van der Waals surface area contributed by atoms with E-state index in [2.05, 4.69) is 15.1 Å². The fraction of sp³-hybridized carbons (Fsp3) is 0.222. The number of pyridine rings is 1. The Morgan fingerprint density at radius 1 is 1.24 bits per heavy atom. The number of aromatic nitrogens is 3. The second-order valence-electron chi connectivity index (χ2n) is 5.88. The number of rotatable bonds is 4. The summed E-state index contributed by atoms with van der Waals surface area (Å²) in [7, 11) is 0. The third-order valence-electron chi connectivity index (χ3n) is 4.19. The Hall–Kier alpha value is -3.09. The summed E-state index contributed by atoms with van der Waals surface area (Å²) in [5.41, 5.74) is 1.34. The molecule has 7 heteroatoms. The molecular weight excluding hydrogens is 323 g/mol. The average Bonchev–Trinajstić information content (AvgIpc) is 3.24. The van der Waals surface area contributed by atoms with E-state index in [9.17, 15) is 9.18 Å². The first kappa shape index (κ1) is 15.4. The monoisotopic (exact) mass is 338 g/mol. The van der Waals surface area contributed by atoms with Gasteiger partial charge in [0.05, 0.1) is 0 Å². The standard InChI is InChI=1S/C18H15FN4O2/c19-13-5-3-4-12(10-13)11-23-15(7-8-16(23)24)18-21-17(22-25-18)14-6-1-2-9-20-14/h1-6,9-10,15H,7-8,11H2. The first-order valence-corrected chi connectivity index (χ1v) is 7.99. The van der Waals surface area contributed by atoms with Crippen LogP contribution in [0.1, 0.15) is 30.3 Å². The SMILES string of the molecule is O=C1CCC(c2nc(-c3ccccn3)no2)N1Cc1cccc(F)c1. The highest BCUT2D eigenvalue weighted by atomic mass is 19.1. The largest absolute Gasteiger partial charge is 0.337 e. The topological polar surface area (TPSA) is 72.1 Å². The van der Waals surface area contributed by atoms with Crippen LogP contribution in [0.5, 0.6) is 0 Å². The summed E-state index contributed by atoms with van der Waals surface area (Å²) in [6.07, 6.45) is 2.65. The Balaban J connectivity index is 1.59. The Kier molecular flexibility index (Phi) is 3.97. The first-order valence-electron chi connectivity index (χ1n) is 7.99. The maximum atomic E-state index is 13.4. The van der Waals surface area contributed by atoms with Crippen LogP contribution in [0.3, 0.4) is 0 Å². The Morgan fingerprint density at radius 2 is 2.16 bits per heavy atom. The number of carbonyl (C=O) groups excluding carboxylic acids is 1. The zero-order chi connectivity index (χ0) is 17.2. The van der Waals surface area contributed by atoms with Crippen molar-refractivity contribution in [3.05, 3.63) is 65.9 Å². The summed E-state index contributed by atoms with van der Waals surface area (Å²) in [4.78, 5) is 22.5. The van der Waals surface area contributed by atoms with Crippen LogP contribution in [0.15, 0.2) is 53.2 Å². The van der Waals surface area contributed by atoms with E-state index in [0.29, 0.717) is 36.8 Å². The fourth-order valence-corrected chi connectivity index (χ4v) is 2.99. The molecule has 1 aliphatic rings. The number of nitrogens with zero attached hydrogens (tertiary/aromatic N) is 4. The average molecular weight is 338 g/mol. The minimum atomic E-state index is -0.323. The Morgan fingerprint density at radius 3 is 2.96 bits per heavy atom. The molecule has 0 aliphatic carbocycles. The molecule has 3 aromatic rings. The number of halogens is 1. The molecule has 0 N–H and O–H groups in total. The van der Waals surface area contributed by atoms with Gasteiger partial charge in [-0.1, -0.05) is 23.4 Å². The van der Waals surface area contributed by atoms with Gasteiger partial charge >= 0.3 is 0 Å². The first-order chi connectivity index (χ1) is 12.2. The highest BCUT2D eigenvalue weighted by Gasteiger charge is 2.36. The maximum absolute atomic E-state index is 13.4. The lowest BCUT2D eigenvalue weighted by Gasteiger charge is -2.22. The Bertz CT molecular complexity index is 897. The predicted octanol–water partition coefficient (Wildman–Crippen LogP) is 3.13. The van der Waals surface area contributed by atoms with Crippen molar-refractivity contribution in [2.75, 3.05) is 0 Å². The number of amides is 1. The van der Waals surface area contributed by atoms with Crippen molar-refractivity contribution in [1.82, 2.24) is 20.0 Å². The number of hydrogen-bond acceptors (Lipinski definition) is 5. The van der Waals surface area contributed by atoms with Crippen molar-refractivity contribution in [3.8, 4) is 11.5 Å². The second-order valence-corrected chi connectivity index (χ2v) is 5.88. The molecule has 1 fully saturated rings. The smallest absolute Gasteiger partial charge is 0.249 e. The van der Waals surface area contributed by atoms with Gasteiger partial charge in [0.2, 0.25) is 17.6 Å². The molecule has 0 bridgehead atoms. The number of likely N-dealkylation sites (tertiary alicyclic amines) is 1. The molecule has 0 spiro atoms. The third kappa shape index (κ3) is 3.13. The van der Waals surface area contributed by atoms with Crippen molar-refractivity contribution in [1.29, 1.82) is 0 Å². The number of hydrogen-bond donors (Lipinski definition) is 0. The third-order valence-corrected chi connectivity index (χ3v) is 4.19. The van der Waals surface area contributed by atoms with Crippen molar-refractivity contribution in [3.63, 3.8) is 0 Å². The van der Waals surface area contributed by atoms with Crippen LogP contribution >= 0.6 is 0 Å². The maximum Gasteiger partial charge on any atom is 0.249 e. The molecule has 6 nitrogen and oxygen atoms in total. The molecule has 3 heterocycles. The van der Waals surface area contributed by atoms with Crippen LogP contribution < -0.4 is 0 Å². The summed E-state index contributed by atoms with van der Waals surface area (Å²) in [6, 6.07) is 11.4. The van der Waals surface area contributed by atoms with Crippen LogP contribution in [-0.4, -0.2) is 25.9 Å². The predicted molar refractivity (Wildman–Crippen MR) is 86.5 cm³/mol. The molecular formula is C18H15FN4O2. The summed E-state index contributed by atoms with van der Waals surface area (Å²) >= 11 is 0. The number of carbonyl (C=O) groups is 1. The lowest BCUT2D eigenvalue weighted by atomic mass is 10.1. The van der Waals surface area contributed by atoms with Crippen LogP contribution in [0, 0.1) is 5.82 Å². The normalized spacial score (nSPS) is 17.2. The van der Waals surface area contributed by atoms with Gasteiger partial charge in [-0.05, 0) is 36.2 Å². The van der Waals surface area contributed by atoms with Gasteiger partial charge in [0.1, 0.15) is 17.6 Å². The van der Waals surface area contributed by atoms with E-state index in [1.807, 2.05) is 6.07 Å². The van der Waals surface area contributed by atoms with Gasteiger partial charge in [0.15, 0.2) is 0 Å². The highest BCUT2D eigenvalue weighted by molar-refractivity contribution is 5.78. The van der Waals surface area contributed by atoms with E-state index >= 15 is 0 Å². The van der Waals surface area contributed by atoms with Crippen LogP contribution in [-0.2, 0) is 11.3 Å². The van der Waals surface area contributed by atoms with Gasteiger partial charge in [0, 0.05) is 19.2 Å². The molecule has 1 amide bonds. The van der Waals surface area contributed by atoms with Gasteiger partial charge in [0.25, 0.3) is 0 Å². The quantitative estimate of drug-likeness (QED) is 0.731. The molecule has 4 rings (SSSR count). The molecule has 0 saturated carbocycles. The van der Waals surface area contributed by atoms with E-state index in [1.165, 1.54) is 12.1 Å². The van der Waals surface area contributed by atoms with Gasteiger partial charge in [-0.2, -0.15) is 4.98 Å². The van der Waals surface area contributed by atoms with Crippen LogP contribution in [0.2, 0.25) is 0 Å². The molecule has 1 aromatic carbocycles. The molecule has 0 radical (unpaired) electrons. The van der Waals surface area contributed by atoms with Crippen molar-refractivity contribution >= 4 is 5.91 Å². The summed E-state index contributed by atoms with van der Waals surface area (Å²) in [6.45, 7) is 0.308. The van der Waals surface area contributed by atoms with Crippen LogP contribution in [0.25, 0.3) is 11.5 Å². The molecule has 1 atom stereocenters. The van der Waals surface area contributed by atoms with E-state index in [4.69, 9.17) is 4.52 Å². The van der Waals surface area contributed by atoms with Gasteiger partial charge in [-0.3, -0.25) is 9.78 Å². The van der Waals surface area contributed by atoms with Crippen molar-refractivity contribution in [2.24, 2.45) is 0 Å². The molecule has 126 valence electrons. The molecule has 1 aliphatic heterocycles. The van der Waals surface area contributed by atoms with E-state index in [-0.39, 0.29) is 17.8 Å². The zero-order valence-electron chi connectivity index (χ0n) is 13.3. The summed E-state index contributed by atoms with van der Waals surface area (Å²) in [5, 5.41) is 3.97. The fourth-order valence-electron chi connectivity index (χ4n) is 2.99. The minimum absolute atomic E-state index is 0.00755. The lowest BCUT2D eigenvalue weighted by Crippen LogP contribution is -2.27. The van der Waals surface area contributed by atoms with Crippen molar-refractivity contribution < 1.29 is 13.7 Å². The van der Waals surface area contributed by atoms with Crippen LogP contribution in [0.4, 0.5) is 4.39 Å². The Labute approximate surface area is 143 Å². The number of benzene rings is 1. The van der Waals surface area contributed by atoms with Gasteiger partial charge in [-0.25, -0.2) is 4.39 Å². The summed E-state index contributed by atoms with van der Waals surface area (Å²) < 4.78 is 18.8. The van der Waals surface area contributed by atoms with Gasteiger partial charge in [-0.15, -0.1) is 0 Å². The second kappa shape index (κ2) is 6.43. The molecule has 1 saturated heterocycles. The van der Waals surface area contributed by atoms with Crippen molar-refractivity contribution in [2.45, 2.75) is 25.4 Å².